The van der Waals surface area contributed by atoms with E-state index in [2.05, 4.69) is 48.2 Å². The zero-order valence-electron chi connectivity index (χ0n) is 25.6. The third kappa shape index (κ3) is 4.93. The molecule has 2 aromatic heterocycles. The Kier molecular flexibility index (Phi) is 7.52. The Bertz CT molecular complexity index is 1930. The van der Waals surface area contributed by atoms with Gasteiger partial charge in [-0.1, -0.05) is 0 Å². The summed E-state index contributed by atoms with van der Waals surface area (Å²) in [4.78, 5) is 11.0. The number of hydrogen-bond acceptors (Lipinski definition) is 8. The number of ether oxygens (including phenoxy) is 1. The van der Waals surface area contributed by atoms with Crippen molar-refractivity contribution >= 4 is 56.2 Å². The van der Waals surface area contributed by atoms with Gasteiger partial charge < -0.3 is 25.3 Å². The normalized spacial score (nSPS) is 23.5. The number of nitriles is 1. The zero-order chi connectivity index (χ0) is 32.7. The van der Waals surface area contributed by atoms with Gasteiger partial charge in [-0.25, -0.2) is 7.50 Å². The maximum Gasteiger partial charge on any atom is 0.417 e. The summed E-state index contributed by atoms with van der Waals surface area (Å²) in [6.07, 6.45) is -1.19. The minimum Gasteiger partial charge on any atom is -0.461 e. The van der Waals surface area contributed by atoms with E-state index in [0.29, 0.717) is 24.3 Å². The first-order chi connectivity index (χ1) is 21.8. The quantitative estimate of drug-likeness (QED) is 0.107. The molecule has 3 aliphatic rings. The fourth-order valence-electron chi connectivity index (χ4n) is 7.38. The van der Waals surface area contributed by atoms with Gasteiger partial charge in [0.05, 0.1) is 27.9 Å². The van der Waals surface area contributed by atoms with Crippen molar-refractivity contribution in [3.63, 3.8) is 0 Å². The third-order valence-electron chi connectivity index (χ3n) is 9.93. The smallest absolute Gasteiger partial charge is 0.417 e. The minimum atomic E-state index is -4.94. The highest BCUT2D eigenvalue weighted by molar-refractivity contribution is 14.1. The van der Waals surface area contributed by atoms with Crippen LogP contribution < -0.4 is 20.7 Å². The molecule has 2 bridgehead atoms. The Balaban J connectivity index is 1.50. The Morgan fingerprint density at radius 2 is 1.91 bits per heavy atom. The van der Waals surface area contributed by atoms with Crippen molar-refractivity contribution in [2.24, 2.45) is 7.05 Å². The number of benzene rings is 2. The number of nitrogen functional groups attached to an aromatic ring is 1. The Hall–Kier alpha value is -3.42. The van der Waals surface area contributed by atoms with Crippen LogP contribution in [0.5, 0.6) is 6.01 Å². The second-order valence-electron chi connectivity index (χ2n) is 12.9. The van der Waals surface area contributed by atoms with Gasteiger partial charge in [-0.05, 0) is 57.7 Å². The van der Waals surface area contributed by atoms with Crippen LogP contribution in [0.4, 0.5) is 29.1 Å². The van der Waals surface area contributed by atoms with E-state index in [0.717, 1.165) is 38.3 Å². The first kappa shape index (κ1) is 31.2. The molecule has 3 N–H and O–H groups in total. The second-order valence-corrected chi connectivity index (χ2v) is 14.1. The van der Waals surface area contributed by atoms with Crippen molar-refractivity contribution in [1.82, 2.24) is 23.0 Å². The van der Waals surface area contributed by atoms with Crippen molar-refractivity contribution in [3.05, 3.63) is 40.8 Å². The molecule has 5 heterocycles. The molecule has 46 heavy (non-hydrogen) atoms. The van der Waals surface area contributed by atoms with Crippen LogP contribution in [0.15, 0.2) is 18.2 Å². The maximum atomic E-state index is 17.2. The second kappa shape index (κ2) is 11.1. The highest BCUT2D eigenvalue weighted by Crippen LogP contribution is 2.48. The summed E-state index contributed by atoms with van der Waals surface area (Å²) < 4.78 is 72.3. The van der Waals surface area contributed by atoms with E-state index in [1.165, 1.54) is 6.07 Å². The largest absolute Gasteiger partial charge is 0.461 e. The number of rotatable bonds is 5. The van der Waals surface area contributed by atoms with Gasteiger partial charge in [0.15, 0.2) is 5.82 Å². The lowest BCUT2D eigenvalue weighted by molar-refractivity contribution is -0.137. The zero-order valence-corrected chi connectivity index (χ0v) is 27.8. The van der Waals surface area contributed by atoms with Gasteiger partial charge in [0, 0.05) is 89.2 Å². The number of hydrogen-bond donors (Lipinski definition) is 2. The average molecular weight is 749 g/mol. The van der Waals surface area contributed by atoms with Crippen LogP contribution in [0.25, 0.3) is 32.9 Å². The highest BCUT2D eigenvalue weighted by atomic mass is 127. The standard InChI is InChI=1S/C32H33F4IN8O/c1-16-24(25-20(12-38)22(39)7-8-23(25)43(16)3)26-21(32(34,35)36)11-19-28(27(26)33)41-30(46-15-31(2)9-4-10-45(31)37)42-29(19)44-13-17-5-6-18(14-44)40-17/h7-8,11,17-18,40H,4-6,9-10,13-15,39H2,1-3H3/t17?,18?,31-/m0/s1. The molecule has 2 unspecified atom stereocenters. The maximum absolute atomic E-state index is 17.2. The molecular weight excluding hydrogens is 715 g/mol. The number of nitrogens with two attached hydrogens (primary N) is 1. The summed E-state index contributed by atoms with van der Waals surface area (Å²) in [6, 6.07) is 6.34. The Morgan fingerprint density at radius 3 is 2.54 bits per heavy atom. The molecule has 0 spiro atoms. The van der Waals surface area contributed by atoms with Gasteiger partial charge in [0.1, 0.15) is 24.0 Å². The molecule has 242 valence electrons. The first-order valence-corrected chi connectivity index (χ1v) is 16.2. The van der Waals surface area contributed by atoms with E-state index < -0.39 is 23.1 Å². The average Bonchev–Trinajstić information content (AvgIpc) is 3.62. The fraction of sp³-hybridized carbons (Fsp3) is 0.469. The summed E-state index contributed by atoms with van der Waals surface area (Å²) in [5.41, 5.74) is 4.54. The third-order valence-corrected chi connectivity index (χ3v) is 11.6. The van der Waals surface area contributed by atoms with Gasteiger partial charge in [-0.2, -0.15) is 28.4 Å². The monoisotopic (exact) mass is 748 g/mol. The molecule has 7 rings (SSSR count). The van der Waals surface area contributed by atoms with Gasteiger partial charge in [-0.3, -0.25) is 0 Å². The molecule has 0 amide bonds. The number of piperazine rings is 1. The number of nitrogens with zero attached hydrogens (tertiary/aromatic N) is 6. The predicted octanol–water partition coefficient (Wildman–Crippen LogP) is 6.23. The van der Waals surface area contributed by atoms with Crippen LogP contribution in [0.2, 0.25) is 0 Å². The number of aromatic nitrogens is 3. The molecule has 3 atom stereocenters. The van der Waals surface area contributed by atoms with E-state index in [1.807, 2.05) is 11.0 Å². The van der Waals surface area contributed by atoms with Crippen LogP contribution in [0.3, 0.4) is 0 Å². The lowest BCUT2D eigenvalue weighted by atomic mass is 9.92. The van der Waals surface area contributed by atoms with Crippen LogP contribution in [0.1, 0.15) is 49.4 Å². The molecule has 2 aromatic carbocycles. The van der Waals surface area contributed by atoms with Crippen molar-refractivity contribution in [3.8, 4) is 23.2 Å². The van der Waals surface area contributed by atoms with Crippen molar-refractivity contribution in [2.75, 3.05) is 36.9 Å². The molecule has 9 nitrogen and oxygen atoms in total. The van der Waals surface area contributed by atoms with Gasteiger partial charge in [0.25, 0.3) is 0 Å². The number of alkyl halides is 3. The van der Waals surface area contributed by atoms with Gasteiger partial charge in [0.2, 0.25) is 0 Å². The van der Waals surface area contributed by atoms with E-state index in [1.54, 1.807) is 24.6 Å². The van der Waals surface area contributed by atoms with Crippen LogP contribution in [0, 0.1) is 24.1 Å². The molecule has 0 saturated carbocycles. The molecule has 3 saturated heterocycles. The summed E-state index contributed by atoms with van der Waals surface area (Å²) >= 11 is 2.26. The summed E-state index contributed by atoms with van der Waals surface area (Å²) in [6.45, 7) is 5.82. The lowest BCUT2D eigenvalue weighted by Gasteiger charge is -2.34. The Labute approximate surface area is 277 Å². The van der Waals surface area contributed by atoms with Crippen LogP contribution >= 0.6 is 22.9 Å². The van der Waals surface area contributed by atoms with E-state index in [4.69, 9.17) is 10.5 Å². The summed E-state index contributed by atoms with van der Waals surface area (Å²) in [7, 11) is 1.66. The van der Waals surface area contributed by atoms with Crippen molar-refractivity contribution < 1.29 is 22.3 Å². The fourth-order valence-corrected chi connectivity index (χ4v) is 8.10. The first-order valence-electron chi connectivity index (χ1n) is 15.3. The van der Waals surface area contributed by atoms with Crippen LogP contribution in [-0.2, 0) is 13.2 Å². The van der Waals surface area contributed by atoms with E-state index >= 15 is 17.6 Å². The SMILES string of the molecule is Cc1c(-c2c(C(F)(F)F)cc3c(N4CC5CCC(C4)N5)nc(OC[C@]4(C)CCCN4I)nc3c2F)c2c(C#N)c(N)ccc2n1C. The highest BCUT2D eigenvalue weighted by Gasteiger charge is 2.41. The topological polar surface area (TPSA) is 108 Å². The number of halogens is 5. The van der Waals surface area contributed by atoms with Gasteiger partial charge >= 0.3 is 12.2 Å². The minimum absolute atomic E-state index is 0.0133. The molecule has 3 fully saturated rings. The predicted molar refractivity (Wildman–Crippen MR) is 176 cm³/mol. The number of aryl methyl sites for hydroxylation is 1. The summed E-state index contributed by atoms with van der Waals surface area (Å²) in [5.74, 6) is -0.935. The number of nitrogens with one attached hydrogen (secondary N) is 1. The van der Waals surface area contributed by atoms with Crippen LogP contribution in [-0.4, -0.2) is 61.5 Å². The Morgan fingerprint density at radius 1 is 1.20 bits per heavy atom. The van der Waals surface area contributed by atoms with E-state index in [-0.39, 0.29) is 69.2 Å². The van der Waals surface area contributed by atoms with Crippen molar-refractivity contribution in [2.45, 2.75) is 63.3 Å². The number of anilines is 2. The van der Waals surface area contributed by atoms with E-state index in [9.17, 15) is 5.26 Å². The van der Waals surface area contributed by atoms with Gasteiger partial charge in [-0.15, -0.1) is 0 Å². The molecule has 14 heteroatoms. The molecule has 3 aliphatic heterocycles. The molecule has 0 radical (unpaired) electrons. The van der Waals surface area contributed by atoms with Crippen molar-refractivity contribution in [1.29, 1.82) is 5.26 Å². The number of fused-ring (bicyclic) bond motifs is 4. The summed E-state index contributed by atoms with van der Waals surface area (Å²) in [5, 5.41) is 13.7. The molecular formula is C32H33F4IN8O. The molecule has 0 aliphatic carbocycles. The lowest BCUT2D eigenvalue weighted by Crippen LogP contribution is -2.51. The molecule has 4 aromatic rings.